The number of nitrogens with zero attached hydrogens (tertiary/aromatic N) is 3. The van der Waals surface area contributed by atoms with Gasteiger partial charge in [-0.05, 0) is 45.0 Å². The van der Waals surface area contributed by atoms with Gasteiger partial charge in [0.2, 0.25) is 0 Å². The third-order valence-electron chi connectivity index (χ3n) is 4.76. The van der Waals surface area contributed by atoms with E-state index in [1.54, 1.807) is 22.5 Å². The molecule has 4 rings (SSSR count). The standard InChI is InChI=1S/C23H25ClN4O2S/c1-23(2,3)26-21(29)27(13-19-5-4-12-30-19)11-10-18-15-31-22-25-20(14-28(18)22)16-6-8-17(24)9-7-16/h4-9,12,14-15H,10-11,13H2,1-3H3,(H,26,29). The number of thiazole rings is 1. The van der Waals surface area contributed by atoms with Crippen molar-refractivity contribution in [1.82, 2.24) is 19.6 Å². The lowest BCUT2D eigenvalue weighted by molar-refractivity contribution is 0.182. The second-order valence-corrected chi connectivity index (χ2v) is 9.72. The SMILES string of the molecule is CC(C)(C)NC(=O)N(CCc1csc2nc(-c3ccc(Cl)cc3)cn12)Cc1ccco1. The van der Waals surface area contributed by atoms with Gasteiger partial charge in [0.1, 0.15) is 5.76 Å². The number of imidazole rings is 1. The molecule has 0 radical (unpaired) electrons. The van der Waals surface area contributed by atoms with E-state index in [1.165, 1.54) is 0 Å². The van der Waals surface area contributed by atoms with Gasteiger partial charge in [0.05, 0.1) is 18.5 Å². The van der Waals surface area contributed by atoms with E-state index < -0.39 is 0 Å². The van der Waals surface area contributed by atoms with Gasteiger partial charge in [0, 0.05) is 46.4 Å². The summed E-state index contributed by atoms with van der Waals surface area (Å²) in [5.41, 5.74) is 2.73. The van der Waals surface area contributed by atoms with Gasteiger partial charge in [0.25, 0.3) is 0 Å². The Balaban J connectivity index is 1.52. The summed E-state index contributed by atoms with van der Waals surface area (Å²) >= 11 is 7.60. The highest BCUT2D eigenvalue weighted by molar-refractivity contribution is 7.15. The number of benzene rings is 1. The molecule has 2 amide bonds. The number of urea groups is 1. The summed E-state index contributed by atoms with van der Waals surface area (Å²) in [6.45, 7) is 6.90. The van der Waals surface area contributed by atoms with Crippen LogP contribution in [0.4, 0.5) is 4.79 Å². The van der Waals surface area contributed by atoms with Gasteiger partial charge in [-0.25, -0.2) is 9.78 Å². The molecule has 0 saturated carbocycles. The second kappa shape index (κ2) is 8.77. The van der Waals surface area contributed by atoms with Gasteiger partial charge >= 0.3 is 6.03 Å². The summed E-state index contributed by atoms with van der Waals surface area (Å²) in [7, 11) is 0. The third-order valence-corrected chi connectivity index (χ3v) is 5.90. The number of hydrogen-bond donors (Lipinski definition) is 1. The fourth-order valence-electron chi connectivity index (χ4n) is 3.26. The Bertz CT molecular complexity index is 1160. The zero-order valence-electron chi connectivity index (χ0n) is 17.8. The van der Waals surface area contributed by atoms with E-state index in [0.717, 1.165) is 27.7 Å². The van der Waals surface area contributed by atoms with Gasteiger partial charge in [0.15, 0.2) is 4.96 Å². The van der Waals surface area contributed by atoms with Crippen molar-refractivity contribution in [2.75, 3.05) is 6.54 Å². The summed E-state index contributed by atoms with van der Waals surface area (Å²) in [4.78, 5) is 20.3. The van der Waals surface area contributed by atoms with E-state index in [0.29, 0.717) is 24.5 Å². The summed E-state index contributed by atoms with van der Waals surface area (Å²) in [6.07, 6.45) is 4.37. The number of aromatic nitrogens is 2. The van der Waals surface area contributed by atoms with Crippen LogP contribution in [0.5, 0.6) is 0 Å². The molecule has 4 aromatic rings. The van der Waals surface area contributed by atoms with Gasteiger partial charge in [-0.3, -0.25) is 4.40 Å². The molecule has 0 unspecified atom stereocenters. The molecule has 6 nitrogen and oxygen atoms in total. The molecule has 0 saturated heterocycles. The number of halogens is 1. The predicted octanol–water partition coefficient (Wildman–Crippen LogP) is 5.86. The molecule has 1 aromatic carbocycles. The molecule has 0 aliphatic carbocycles. The Hall–Kier alpha value is -2.77. The van der Waals surface area contributed by atoms with Crippen molar-refractivity contribution in [3.63, 3.8) is 0 Å². The van der Waals surface area contributed by atoms with Crippen LogP contribution in [0.15, 0.2) is 58.7 Å². The highest BCUT2D eigenvalue weighted by Crippen LogP contribution is 2.25. The van der Waals surface area contributed by atoms with E-state index in [1.807, 2.05) is 63.4 Å². The first-order valence-electron chi connectivity index (χ1n) is 10.1. The molecule has 0 spiro atoms. The van der Waals surface area contributed by atoms with Gasteiger partial charge in [-0.1, -0.05) is 23.7 Å². The van der Waals surface area contributed by atoms with Crippen LogP contribution in [-0.4, -0.2) is 32.4 Å². The van der Waals surface area contributed by atoms with Crippen LogP contribution in [-0.2, 0) is 13.0 Å². The minimum Gasteiger partial charge on any atom is -0.467 e. The maximum atomic E-state index is 12.9. The molecule has 3 heterocycles. The first kappa shape index (κ1) is 21.5. The Morgan fingerprint density at radius 1 is 1.26 bits per heavy atom. The Labute approximate surface area is 190 Å². The van der Waals surface area contributed by atoms with Crippen LogP contribution in [0.1, 0.15) is 32.2 Å². The normalized spacial score (nSPS) is 11.7. The molecule has 0 fully saturated rings. The quantitative estimate of drug-likeness (QED) is 0.395. The van der Waals surface area contributed by atoms with Crippen molar-refractivity contribution in [2.24, 2.45) is 0 Å². The maximum Gasteiger partial charge on any atom is 0.318 e. The van der Waals surface area contributed by atoms with Crippen LogP contribution < -0.4 is 5.32 Å². The van der Waals surface area contributed by atoms with Gasteiger partial charge < -0.3 is 14.6 Å². The van der Waals surface area contributed by atoms with Crippen molar-refractivity contribution in [2.45, 2.75) is 39.3 Å². The van der Waals surface area contributed by atoms with Crippen molar-refractivity contribution >= 4 is 33.9 Å². The number of amides is 2. The molecule has 0 bridgehead atoms. The largest absolute Gasteiger partial charge is 0.467 e. The topological polar surface area (TPSA) is 62.8 Å². The van der Waals surface area contributed by atoms with Crippen LogP contribution in [0.2, 0.25) is 5.02 Å². The van der Waals surface area contributed by atoms with E-state index in [4.69, 9.17) is 21.0 Å². The summed E-state index contributed by atoms with van der Waals surface area (Å²) in [6, 6.07) is 11.3. The minimum atomic E-state index is -0.314. The summed E-state index contributed by atoms with van der Waals surface area (Å²) < 4.78 is 7.57. The number of carbonyl (C=O) groups excluding carboxylic acids is 1. The van der Waals surface area contributed by atoms with Crippen molar-refractivity contribution in [3.05, 3.63) is 70.7 Å². The first-order chi connectivity index (χ1) is 14.8. The number of hydrogen-bond acceptors (Lipinski definition) is 4. The highest BCUT2D eigenvalue weighted by Gasteiger charge is 2.21. The van der Waals surface area contributed by atoms with Crippen LogP contribution in [0, 0.1) is 0 Å². The summed E-state index contributed by atoms with van der Waals surface area (Å²) in [5.74, 6) is 0.757. The third kappa shape index (κ3) is 5.29. The van der Waals surface area contributed by atoms with E-state index >= 15 is 0 Å². The van der Waals surface area contributed by atoms with Gasteiger partial charge in [-0.2, -0.15) is 0 Å². The zero-order chi connectivity index (χ0) is 22.0. The number of nitrogens with one attached hydrogen (secondary N) is 1. The predicted molar refractivity (Wildman–Crippen MR) is 125 cm³/mol. The average molecular weight is 457 g/mol. The fraction of sp³-hybridized carbons (Fsp3) is 0.304. The lowest BCUT2D eigenvalue weighted by atomic mass is 10.1. The molecule has 3 aromatic heterocycles. The average Bonchev–Trinajstić information content (AvgIpc) is 3.42. The molecule has 0 atom stereocenters. The fourth-order valence-corrected chi connectivity index (χ4v) is 4.29. The zero-order valence-corrected chi connectivity index (χ0v) is 19.3. The molecule has 0 aliphatic heterocycles. The highest BCUT2D eigenvalue weighted by atomic mass is 35.5. The minimum absolute atomic E-state index is 0.108. The molecular formula is C23H25ClN4O2S. The van der Waals surface area contributed by atoms with E-state index in [2.05, 4.69) is 15.1 Å². The number of rotatable bonds is 6. The summed E-state index contributed by atoms with van der Waals surface area (Å²) in [5, 5.41) is 5.85. The second-order valence-electron chi connectivity index (χ2n) is 8.44. The number of carbonyl (C=O) groups is 1. The first-order valence-corrected chi connectivity index (χ1v) is 11.4. The number of fused-ring (bicyclic) bond motifs is 1. The van der Waals surface area contributed by atoms with Crippen molar-refractivity contribution in [3.8, 4) is 11.3 Å². The Morgan fingerprint density at radius 2 is 2.03 bits per heavy atom. The lowest BCUT2D eigenvalue weighted by Crippen LogP contribution is -2.48. The van der Waals surface area contributed by atoms with Crippen LogP contribution >= 0.6 is 22.9 Å². The number of furan rings is 1. The van der Waals surface area contributed by atoms with Crippen LogP contribution in [0.3, 0.4) is 0 Å². The maximum absolute atomic E-state index is 12.9. The molecule has 0 aliphatic rings. The van der Waals surface area contributed by atoms with E-state index in [9.17, 15) is 4.79 Å². The molecule has 1 N–H and O–H groups in total. The van der Waals surface area contributed by atoms with Crippen molar-refractivity contribution < 1.29 is 9.21 Å². The molecule has 8 heteroatoms. The molecular weight excluding hydrogens is 432 g/mol. The lowest BCUT2D eigenvalue weighted by Gasteiger charge is -2.28. The Kier molecular flexibility index (Phi) is 6.07. The monoisotopic (exact) mass is 456 g/mol. The Morgan fingerprint density at radius 3 is 2.71 bits per heavy atom. The van der Waals surface area contributed by atoms with Gasteiger partial charge in [-0.15, -0.1) is 11.3 Å². The van der Waals surface area contributed by atoms with Crippen LogP contribution in [0.25, 0.3) is 16.2 Å². The molecule has 162 valence electrons. The molecule has 31 heavy (non-hydrogen) atoms. The van der Waals surface area contributed by atoms with E-state index in [-0.39, 0.29) is 11.6 Å². The van der Waals surface area contributed by atoms with Crippen molar-refractivity contribution in [1.29, 1.82) is 0 Å². The smallest absolute Gasteiger partial charge is 0.318 e.